The molecule has 0 aromatic heterocycles. The van der Waals surface area contributed by atoms with Gasteiger partial charge in [0.1, 0.15) is 5.75 Å². The highest BCUT2D eigenvalue weighted by Crippen LogP contribution is 2.28. The van der Waals surface area contributed by atoms with Crippen LogP contribution in [0.4, 0.5) is 5.69 Å². The number of hydrogen-bond acceptors (Lipinski definition) is 4. The molecule has 0 saturated heterocycles. The minimum absolute atomic E-state index is 0.00463. The van der Waals surface area contributed by atoms with Crippen LogP contribution < -0.4 is 15.4 Å². The van der Waals surface area contributed by atoms with Gasteiger partial charge >= 0.3 is 0 Å². The molecule has 19 heavy (non-hydrogen) atoms. The Morgan fingerprint density at radius 1 is 1.47 bits per heavy atom. The van der Waals surface area contributed by atoms with Crippen LogP contribution in [0.15, 0.2) is 18.2 Å². The Hall–Kier alpha value is -1.88. The molecule has 0 spiro atoms. The standard InChI is InChI=1S/C14H18N2O3/c1-9(2)15-8-12(17)10-3-4-13-11(7-10)16-14(18)5-6-19-13/h3-4,7,9,15H,5-6,8H2,1-2H3,(H,16,18). The van der Waals surface area contributed by atoms with Gasteiger partial charge in [0, 0.05) is 11.6 Å². The highest BCUT2D eigenvalue weighted by Gasteiger charge is 2.16. The van der Waals surface area contributed by atoms with Crippen LogP contribution in [0, 0.1) is 0 Å². The summed E-state index contributed by atoms with van der Waals surface area (Å²) in [7, 11) is 0. The lowest BCUT2D eigenvalue weighted by Crippen LogP contribution is -2.29. The summed E-state index contributed by atoms with van der Waals surface area (Å²) >= 11 is 0. The number of carbonyl (C=O) groups excluding carboxylic acids is 2. The number of ketones is 1. The van der Waals surface area contributed by atoms with Gasteiger partial charge in [-0.05, 0) is 18.2 Å². The Morgan fingerprint density at radius 3 is 3.00 bits per heavy atom. The zero-order chi connectivity index (χ0) is 13.8. The minimum Gasteiger partial charge on any atom is -0.491 e. The van der Waals surface area contributed by atoms with Gasteiger partial charge < -0.3 is 15.4 Å². The van der Waals surface area contributed by atoms with Crippen molar-refractivity contribution in [2.75, 3.05) is 18.5 Å². The van der Waals surface area contributed by atoms with Crippen molar-refractivity contribution in [2.24, 2.45) is 0 Å². The van der Waals surface area contributed by atoms with Gasteiger partial charge in [0.15, 0.2) is 5.78 Å². The van der Waals surface area contributed by atoms with E-state index in [1.165, 1.54) is 0 Å². The van der Waals surface area contributed by atoms with E-state index in [9.17, 15) is 9.59 Å². The number of rotatable bonds is 4. The van der Waals surface area contributed by atoms with E-state index in [2.05, 4.69) is 10.6 Å². The van der Waals surface area contributed by atoms with Crippen LogP contribution in [0.25, 0.3) is 0 Å². The molecular formula is C14H18N2O3. The van der Waals surface area contributed by atoms with Crippen LogP contribution in [-0.4, -0.2) is 30.9 Å². The first kappa shape index (κ1) is 13.5. The van der Waals surface area contributed by atoms with E-state index in [1.807, 2.05) is 13.8 Å². The summed E-state index contributed by atoms with van der Waals surface area (Å²) in [5, 5.41) is 5.82. The fourth-order valence-corrected chi connectivity index (χ4v) is 1.79. The maximum absolute atomic E-state index is 12.0. The molecule has 1 aromatic carbocycles. The van der Waals surface area contributed by atoms with E-state index in [0.717, 1.165) is 0 Å². The lowest BCUT2D eigenvalue weighted by molar-refractivity contribution is -0.116. The maximum atomic E-state index is 12.0. The highest BCUT2D eigenvalue weighted by molar-refractivity contribution is 6.00. The molecule has 0 radical (unpaired) electrons. The van der Waals surface area contributed by atoms with Gasteiger partial charge in [-0.15, -0.1) is 0 Å². The van der Waals surface area contributed by atoms with Crippen LogP contribution >= 0.6 is 0 Å². The van der Waals surface area contributed by atoms with Crippen LogP contribution in [0.1, 0.15) is 30.6 Å². The van der Waals surface area contributed by atoms with Crippen molar-refractivity contribution in [3.63, 3.8) is 0 Å². The molecule has 1 amide bonds. The van der Waals surface area contributed by atoms with Crippen molar-refractivity contribution >= 4 is 17.4 Å². The highest BCUT2D eigenvalue weighted by atomic mass is 16.5. The van der Waals surface area contributed by atoms with Gasteiger partial charge in [0.25, 0.3) is 0 Å². The number of hydrogen-bond donors (Lipinski definition) is 2. The molecule has 0 saturated carbocycles. The van der Waals surface area contributed by atoms with Gasteiger partial charge in [-0.1, -0.05) is 13.8 Å². The number of Topliss-reactive ketones (excluding diaryl/α,β-unsaturated/α-hetero) is 1. The molecule has 102 valence electrons. The number of nitrogens with one attached hydrogen (secondary N) is 2. The second-order valence-corrected chi connectivity index (χ2v) is 4.82. The Labute approximate surface area is 112 Å². The molecule has 1 aliphatic rings. The average molecular weight is 262 g/mol. The molecule has 0 unspecified atom stereocenters. The lowest BCUT2D eigenvalue weighted by Gasteiger charge is -2.10. The molecule has 2 rings (SSSR count). The van der Waals surface area contributed by atoms with E-state index in [0.29, 0.717) is 30.0 Å². The minimum atomic E-state index is -0.0938. The van der Waals surface area contributed by atoms with Gasteiger partial charge in [0.05, 0.1) is 25.3 Å². The van der Waals surface area contributed by atoms with E-state index < -0.39 is 0 Å². The Bertz CT molecular complexity index is 497. The van der Waals surface area contributed by atoms with Gasteiger partial charge in [-0.2, -0.15) is 0 Å². The second kappa shape index (κ2) is 5.84. The fraction of sp³-hybridized carbons (Fsp3) is 0.429. The molecule has 5 nitrogen and oxygen atoms in total. The summed E-state index contributed by atoms with van der Waals surface area (Å²) < 4.78 is 5.44. The fourth-order valence-electron chi connectivity index (χ4n) is 1.79. The third-order valence-electron chi connectivity index (χ3n) is 2.83. The lowest BCUT2D eigenvalue weighted by atomic mass is 10.1. The van der Waals surface area contributed by atoms with Crippen molar-refractivity contribution < 1.29 is 14.3 Å². The van der Waals surface area contributed by atoms with E-state index in [4.69, 9.17) is 4.74 Å². The van der Waals surface area contributed by atoms with Crippen LogP contribution in [0.3, 0.4) is 0 Å². The molecule has 0 atom stereocenters. The maximum Gasteiger partial charge on any atom is 0.227 e. The molecule has 5 heteroatoms. The molecule has 1 aliphatic heterocycles. The molecule has 0 bridgehead atoms. The first-order valence-corrected chi connectivity index (χ1v) is 6.39. The number of fused-ring (bicyclic) bond motifs is 1. The summed E-state index contributed by atoms with van der Waals surface area (Å²) in [5.74, 6) is 0.512. The predicted octanol–water partition coefficient (Wildman–Crippen LogP) is 1.59. The van der Waals surface area contributed by atoms with Crippen molar-refractivity contribution in [2.45, 2.75) is 26.3 Å². The number of anilines is 1. The van der Waals surface area contributed by atoms with E-state index >= 15 is 0 Å². The predicted molar refractivity (Wildman–Crippen MR) is 72.7 cm³/mol. The first-order valence-electron chi connectivity index (χ1n) is 6.39. The summed E-state index contributed by atoms with van der Waals surface area (Å²) in [5.41, 5.74) is 1.13. The third kappa shape index (κ3) is 3.54. The molecule has 0 aliphatic carbocycles. The number of ether oxygens (including phenoxy) is 1. The molecule has 1 heterocycles. The Balaban J connectivity index is 2.15. The summed E-state index contributed by atoms with van der Waals surface area (Å²) in [6, 6.07) is 5.38. The van der Waals surface area contributed by atoms with Gasteiger partial charge in [-0.3, -0.25) is 9.59 Å². The van der Waals surface area contributed by atoms with Crippen LogP contribution in [-0.2, 0) is 4.79 Å². The van der Waals surface area contributed by atoms with Crippen molar-refractivity contribution in [3.05, 3.63) is 23.8 Å². The topological polar surface area (TPSA) is 67.4 Å². The van der Waals surface area contributed by atoms with E-state index in [-0.39, 0.29) is 24.3 Å². The normalized spacial score (nSPS) is 14.4. The Morgan fingerprint density at radius 2 is 2.26 bits per heavy atom. The molecular weight excluding hydrogens is 244 g/mol. The van der Waals surface area contributed by atoms with Gasteiger partial charge in [-0.25, -0.2) is 0 Å². The zero-order valence-electron chi connectivity index (χ0n) is 11.2. The summed E-state index contributed by atoms with van der Waals surface area (Å²) in [6.45, 7) is 4.61. The van der Waals surface area contributed by atoms with Crippen LogP contribution in [0.5, 0.6) is 5.75 Å². The number of benzene rings is 1. The monoisotopic (exact) mass is 262 g/mol. The third-order valence-corrected chi connectivity index (χ3v) is 2.83. The number of amides is 1. The number of carbonyl (C=O) groups is 2. The van der Waals surface area contributed by atoms with E-state index in [1.54, 1.807) is 18.2 Å². The smallest absolute Gasteiger partial charge is 0.227 e. The molecule has 2 N–H and O–H groups in total. The van der Waals surface area contributed by atoms with Crippen LogP contribution in [0.2, 0.25) is 0 Å². The summed E-state index contributed by atoms with van der Waals surface area (Å²) in [4.78, 5) is 23.4. The quantitative estimate of drug-likeness (QED) is 0.809. The zero-order valence-corrected chi connectivity index (χ0v) is 11.2. The summed E-state index contributed by atoms with van der Waals surface area (Å²) in [6.07, 6.45) is 0.326. The molecule has 0 fully saturated rings. The second-order valence-electron chi connectivity index (χ2n) is 4.82. The van der Waals surface area contributed by atoms with Crippen molar-refractivity contribution in [3.8, 4) is 5.75 Å². The first-order chi connectivity index (χ1) is 9.06. The Kier molecular flexibility index (Phi) is 4.16. The van der Waals surface area contributed by atoms with Gasteiger partial charge in [0.2, 0.25) is 5.91 Å². The SMILES string of the molecule is CC(C)NCC(=O)c1ccc2c(c1)NC(=O)CCO2. The van der Waals surface area contributed by atoms with Crippen molar-refractivity contribution in [1.82, 2.24) is 5.32 Å². The van der Waals surface area contributed by atoms with Crippen molar-refractivity contribution in [1.29, 1.82) is 0 Å². The average Bonchev–Trinajstić information content (AvgIpc) is 2.55. The largest absolute Gasteiger partial charge is 0.491 e. The molecule has 1 aromatic rings.